The van der Waals surface area contributed by atoms with E-state index in [-0.39, 0.29) is 10.9 Å². The van der Waals surface area contributed by atoms with E-state index >= 15 is 0 Å². The Labute approximate surface area is 129 Å². The summed E-state index contributed by atoms with van der Waals surface area (Å²) >= 11 is 0. The lowest BCUT2D eigenvalue weighted by molar-refractivity contribution is 0.588. The average Bonchev–Trinajstić information content (AvgIpc) is 2.88. The minimum atomic E-state index is -3.70. The van der Waals surface area contributed by atoms with Crippen molar-refractivity contribution in [3.8, 4) is 0 Å². The molecule has 6 heteroatoms. The van der Waals surface area contributed by atoms with Gasteiger partial charge >= 0.3 is 0 Å². The first kappa shape index (κ1) is 14.7. The van der Waals surface area contributed by atoms with Gasteiger partial charge in [-0.05, 0) is 43.7 Å². The molecule has 1 aromatic carbocycles. The molecule has 22 heavy (non-hydrogen) atoms. The van der Waals surface area contributed by atoms with Gasteiger partial charge in [-0.3, -0.25) is 0 Å². The molecule has 0 aliphatic rings. The van der Waals surface area contributed by atoms with E-state index in [2.05, 4.69) is 4.98 Å². The number of nitrogens with two attached hydrogens (primary N) is 1. The quantitative estimate of drug-likeness (QED) is 0.806. The summed E-state index contributed by atoms with van der Waals surface area (Å²) in [6.07, 6.45) is 3.14. The van der Waals surface area contributed by atoms with Crippen LogP contribution in [0.5, 0.6) is 0 Å². The van der Waals surface area contributed by atoms with Crippen molar-refractivity contribution < 1.29 is 8.42 Å². The maximum absolute atomic E-state index is 12.9. The molecule has 0 fully saturated rings. The number of pyridine rings is 1. The molecule has 0 radical (unpaired) electrons. The number of nitrogens with zero attached hydrogens (tertiary/aromatic N) is 2. The van der Waals surface area contributed by atoms with Gasteiger partial charge in [-0.1, -0.05) is 17.7 Å². The predicted molar refractivity (Wildman–Crippen MR) is 86.1 cm³/mol. The average molecular weight is 315 g/mol. The molecule has 0 aliphatic heterocycles. The van der Waals surface area contributed by atoms with Crippen LogP contribution >= 0.6 is 0 Å². The van der Waals surface area contributed by atoms with Crippen molar-refractivity contribution in [2.24, 2.45) is 5.73 Å². The first-order valence-corrected chi connectivity index (χ1v) is 8.39. The Bertz CT molecular complexity index is 926. The van der Waals surface area contributed by atoms with E-state index in [1.165, 1.54) is 3.97 Å². The van der Waals surface area contributed by atoms with Gasteiger partial charge in [-0.25, -0.2) is 17.4 Å². The van der Waals surface area contributed by atoms with Crippen LogP contribution in [-0.2, 0) is 10.0 Å². The minimum Gasteiger partial charge on any atom is -0.324 e. The number of rotatable bonds is 3. The summed E-state index contributed by atoms with van der Waals surface area (Å²) in [5.41, 5.74) is 8.13. The van der Waals surface area contributed by atoms with Crippen LogP contribution in [0.1, 0.15) is 24.1 Å². The van der Waals surface area contributed by atoms with Crippen molar-refractivity contribution in [2.75, 3.05) is 0 Å². The molecule has 114 valence electrons. The maximum atomic E-state index is 12.9. The normalized spacial score (nSPS) is 13.4. The summed E-state index contributed by atoms with van der Waals surface area (Å²) in [5, 5.41) is 0.758. The lowest BCUT2D eigenvalue weighted by Crippen LogP contribution is -2.12. The summed E-state index contributed by atoms with van der Waals surface area (Å²) in [4.78, 5) is 4.46. The van der Waals surface area contributed by atoms with Gasteiger partial charge in [0.25, 0.3) is 10.0 Å². The van der Waals surface area contributed by atoms with Crippen molar-refractivity contribution >= 4 is 21.1 Å². The second kappa shape index (κ2) is 5.23. The Morgan fingerprint density at radius 2 is 1.86 bits per heavy atom. The van der Waals surface area contributed by atoms with Crippen molar-refractivity contribution in [2.45, 2.75) is 24.8 Å². The van der Waals surface area contributed by atoms with Crippen molar-refractivity contribution in [1.82, 2.24) is 8.96 Å². The van der Waals surface area contributed by atoms with Crippen LogP contribution in [-0.4, -0.2) is 17.4 Å². The summed E-state index contributed by atoms with van der Waals surface area (Å²) in [5.74, 6) is 0. The molecule has 2 aromatic heterocycles. The zero-order valence-corrected chi connectivity index (χ0v) is 13.2. The molecular weight excluding hydrogens is 298 g/mol. The van der Waals surface area contributed by atoms with Crippen LogP contribution in [0.2, 0.25) is 0 Å². The van der Waals surface area contributed by atoms with Crippen molar-refractivity contribution in [1.29, 1.82) is 0 Å². The number of benzene rings is 1. The molecule has 2 N–H and O–H groups in total. The molecule has 0 unspecified atom stereocenters. The third kappa shape index (κ3) is 2.30. The molecule has 0 saturated carbocycles. The molecule has 0 aliphatic carbocycles. The minimum absolute atomic E-state index is 0.233. The van der Waals surface area contributed by atoms with E-state index in [1.54, 1.807) is 42.7 Å². The highest BCUT2D eigenvalue weighted by molar-refractivity contribution is 7.90. The standard InChI is InChI=1S/C16H17N3O2S/c1-11-5-7-13(8-6-11)22(20,21)19-10-15(12(2)17)14-4-3-9-18-16(14)19/h3-10,12H,17H2,1-2H3/t12-/m1/s1. The maximum Gasteiger partial charge on any atom is 0.269 e. The number of hydrogen-bond acceptors (Lipinski definition) is 4. The molecule has 2 heterocycles. The van der Waals surface area contributed by atoms with Gasteiger partial charge in [0.2, 0.25) is 0 Å². The molecule has 0 saturated heterocycles. The first-order valence-electron chi connectivity index (χ1n) is 6.95. The van der Waals surface area contributed by atoms with E-state index in [0.29, 0.717) is 5.65 Å². The Morgan fingerprint density at radius 3 is 2.50 bits per heavy atom. The second-order valence-electron chi connectivity index (χ2n) is 5.36. The summed E-state index contributed by atoms with van der Waals surface area (Å²) < 4.78 is 27.0. The predicted octanol–water partition coefficient (Wildman–Crippen LogP) is 2.60. The summed E-state index contributed by atoms with van der Waals surface area (Å²) in [6, 6.07) is 10.1. The van der Waals surface area contributed by atoms with E-state index < -0.39 is 10.0 Å². The highest BCUT2D eigenvalue weighted by Crippen LogP contribution is 2.27. The summed E-state index contributed by atoms with van der Waals surface area (Å²) in [6.45, 7) is 3.74. The second-order valence-corrected chi connectivity index (χ2v) is 7.18. The lowest BCUT2D eigenvalue weighted by Gasteiger charge is -2.07. The monoisotopic (exact) mass is 315 g/mol. The van der Waals surface area contributed by atoms with Gasteiger partial charge in [-0.2, -0.15) is 0 Å². The van der Waals surface area contributed by atoms with Crippen LogP contribution in [0, 0.1) is 6.92 Å². The number of aryl methyl sites for hydroxylation is 1. The largest absolute Gasteiger partial charge is 0.324 e. The molecular formula is C16H17N3O2S. The molecule has 1 atom stereocenters. The lowest BCUT2D eigenvalue weighted by atomic mass is 10.1. The van der Waals surface area contributed by atoms with Crippen LogP contribution in [0.4, 0.5) is 0 Å². The third-order valence-corrected chi connectivity index (χ3v) is 5.30. The van der Waals surface area contributed by atoms with Gasteiger partial charge in [0.1, 0.15) is 0 Å². The highest BCUT2D eigenvalue weighted by atomic mass is 32.2. The molecule has 0 amide bonds. The molecule has 5 nitrogen and oxygen atoms in total. The number of aromatic nitrogens is 2. The summed E-state index contributed by atoms with van der Waals surface area (Å²) in [7, 11) is -3.70. The fraction of sp³-hybridized carbons (Fsp3) is 0.188. The van der Waals surface area contributed by atoms with E-state index in [0.717, 1.165) is 16.5 Å². The third-order valence-electron chi connectivity index (χ3n) is 3.63. The van der Waals surface area contributed by atoms with Gasteiger partial charge in [0.05, 0.1) is 4.90 Å². The Kier molecular flexibility index (Phi) is 3.50. The van der Waals surface area contributed by atoms with E-state index in [1.807, 2.05) is 19.9 Å². The zero-order chi connectivity index (χ0) is 15.9. The highest BCUT2D eigenvalue weighted by Gasteiger charge is 2.22. The number of fused-ring (bicyclic) bond motifs is 1. The van der Waals surface area contributed by atoms with E-state index in [4.69, 9.17) is 5.73 Å². The van der Waals surface area contributed by atoms with Gasteiger partial charge in [0.15, 0.2) is 5.65 Å². The smallest absolute Gasteiger partial charge is 0.269 e. The topological polar surface area (TPSA) is 78.0 Å². The van der Waals surface area contributed by atoms with Gasteiger partial charge in [-0.15, -0.1) is 0 Å². The molecule has 0 spiro atoms. The molecule has 3 aromatic rings. The molecule has 0 bridgehead atoms. The van der Waals surface area contributed by atoms with Gasteiger partial charge < -0.3 is 5.73 Å². The number of hydrogen-bond donors (Lipinski definition) is 1. The Morgan fingerprint density at radius 1 is 1.18 bits per heavy atom. The fourth-order valence-electron chi connectivity index (χ4n) is 2.42. The molecule has 3 rings (SSSR count). The zero-order valence-electron chi connectivity index (χ0n) is 12.4. The van der Waals surface area contributed by atoms with Crippen molar-refractivity contribution in [3.05, 3.63) is 59.9 Å². The van der Waals surface area contributed by atoms with E-state index in [9.17, 15) is 8.42 Å². The Balaban J connectivity index is 2.27. The van der Waals surface area contributed by atoms with Crippen LogP contribution in [0.3, 0.4) is 0 Å². The fourth-order valence-corrected chi connectivity index (χ4v) is 3.76. The van der Waals surface area contributed by atoms with Crippen LogP contribution in [0.15, 0.2) is 53.7 Å². The first-order chi connectivity index (χ1) is 10.4. The van der Waals surface area contributed by atoms with Crippen LogP contribution < -0.4 is 5.73 Å². The van der Waals surface area contributed by atoms with Crippen molar-refractivity contribution in [3.63, 3.8) is 0 Å². The Hall–Kier alpha value is -2.18. The van der Waals surface area contributed by atoms with Gasteiger partial charge in [0, 0.05) is 23.8 Å². The SMILES string of the molecule is Cc1ccc(S(=O)(=O)n2cc([C@@H](C)N)c3cccnc32)cc1. The van der Waals surface area contributed by atoms with Crippen LogP contribution in [0.25, 0.3) is 11.0 Å².